The predicted molar refractivity (Wildman–Crippen MR) is 105 cm³/mol. The summed E-state index contributed by atoms with van der Waals surface area (Å²) in [6.07, 6.45) is 1.42. The van der Waals surface area contributed by atoms with Gasteiger partial charge in [0.15, 0.2) is 5.76 Å². The summed E-state index contributed by atoms with van der Waals surface area (Å²) in [5.74, 6) is 0.460. The van der Waals surface area contributed by atoms with E-state index < -0.39 is 0 Å². The van der Waals surface area contributed by atoms with Gasteiger partial charge in [-0.05, 0) is 48.9 Å². The lowest BCUT2D eigenvalue weighted by Crippen LogP contribution is -2.23. The Morgan fingerprint density at radius 3 is 2.70 bits per heavy atom. The minimum Gasteiger partial charge on any atom is -0.451 e. The average molecular weight is 381 g/mol. The second-order valence-electron chi connectivity index (χ2n) is 6.30. The van der Waals surface area contributed by atoms with Crippen LogP contribution in [0.5, 0.6) is 0 Å². The van der Waals surface area contributed by atoms with Gasteiger partial charge in [-0.15, -0.1) is 0 Å². The van der Waals surface area contributed by atoms with E-state index in [1.807, 2.05) is 30.3 Å². The maximum Gasteiger partial charge on any atom is 0.291 e. The number of carbonyl (C=O) groups excluding carboxylic acids is 2. The number of nitrogens with zero attached hydrogens (tertiary/aromatic N) is 1. The molecule has 5 nitrogen and oxygen atoms in total. The summed E-state index contributed by atoms with van der Waals surface area (Å²) in [6, 6.07) is 17.9. The molecule has 0 bridgehead atoms. The molecule has 1 fully saturated rings. The Bertz CT molecular complexity index is 1010. The average Bonchev–Trinajstić information content (AvgIpc) is 3.31. The van der Waals surface area contributed by atoms with Crippen LogP contribution in [-0.2, 0) is 4.79 Å². The van der Waals surface area contributed by atoms with Crippen molar-refractivity contribution in [2.75, 3.05) is 16.8 Å². The molecule has 1 aliphatic rings. The van der Waals surface area contributed by atoms with E-state index in [9.17, 15) is 9.59 Å². The first-order valence-electron chi connectivity index (χ1n) is 8.68. The molecule has 1 saturated heterocycles. The van der Waals surface area contributed by atoms with E-state index in [4.69, 9.17) is 16.0 Å². The number of hydrogen-bond donors (Lipinski definition) is 1. The number of benzene rings is 2. The van der Waals surface area contributed by atoms with Gasteiger partial charge in [-0.2, -0.15) is 0 Å². The third kappa shape index (κ3) is 3.59. The Morgan fingerprint density at radius 1 is 1.07 bits per heavy atom. The molecular weight excluding hydrogens is 364 g/mol. The van der Waals surface area contributed by atoms with Crippen LogP contribution in [0.15, 0.2) is 65.1 Å². The van der Waals surface area contributed by atoms with Crippen molar-refractivity contribution >= 4 is 34.8 Å². The highest BCUT2D eigenvalue weighted by Crippen LogP contribution is 2.29. The summed E-state index contributed by atoms with van der Waals surface area (Å²) in [5.41, 5.74) is 2.12. The van der Waals surface area contributed by atoms with Gasteiger partial charge in [0.25, 0.3) is 5.91 Å². The Hall–Kier alpha value is -3.05. The first kappa shape index (κ1) is 17.4. The second-order valence-corrected chi connectivity index (χ2v) is 6.70. The highest BCUT2D eigenvalue weighted by Gasteiger charge is 2.22. The zero-order chi connectivity index (χ0) is 18.8. The largest absolute Gasteiger partial charge is 0.451 e. The zero-order valence-corrected chi connectivity index (χ0v) is 15.2. The zero-order valence-electron chi connectivity index (χ0n) is 14.4. The van der Waals surface area contributed by atoms with Crippen molar-refractivity contribution in [3.8, 4) is 11.3 Å². The van der Waals surface area contributed by atoms with Crippen LogP contribution in [0.1, 0.15) is 23.4 Å². The van der Waals surface area contributed by atoms with Gasteiger partial charge in [-0.3, -0.25) is 9.59 Å². The van der Waals surface area contributed by atoms with E-state index in [0.717, 1.165) is 17.7 Å². The van der Waals surface area contributed by atoms with Crippen LogP contribution in [0.2, 0.25) is 5.02 Å². The second kappa shape index (κ2) is 7.29. The molecule has 136 valence electrons. The lowest BCUT2D eigenvalue weighted by molar-refractivity contribution is -0.117. The van der Waals surface area contributed by atoms with E-state index in [2.05, 4.69) is 5.32 Å². The molecule has 1 N–H and O–H groups in total. The van der Waals surface area contributed by atoms with Crippen molar-refractivity contribution in [1.82, 2.24) is 0 Å². The van der Waals surface area contributed by atoms with E-state index >= 15 is 0 Å². The van der Waals surface area contributed by atoms with Gasteiger partial charge < -0.3 is 14.6 Å². The summed E-state index contributed by atoms with van der Waals surface area (Å²) in [4.78, 5) is 26.2. The fraction of sp³-hybridized carbons (Fsp3) is 0.143. The summed E-state index contributed by atoms with van der Waals surface area (Å²) in [6.45, 7) is 0.704. The molecule has 0 aliphatic carbocycles. The van der Waals surface area contributed by atoms with Crippen molar-refractivity contribution in [3.05, 3.63) is 71.4 Å². The molecule has 6 heteroatoms. The van der Waals surface area contributed by atoms with Crippen molar-refractivity contribution in [2.24, 2.45) is 0 Å². The van der Waals surface area contributed by atoms with Gasteiger partial charge in [-0.1, -0.05) is 29.8 Å². The summed E-state index contributed by atoms with van der Waals surface area (Å²) >= 11 is 6.18. The van der Waals surface area contributed by atoms with E-state index in [0.29, 0.717) is 29.4 Å². The number of anilines is 2. The van der Waals surface area contributed by atoms with Gasteiger partial charge in [0.1, 0.15) is 5.76 Å². The standard InChI is InChI=1S/C21H17ClN2O3/c22-17-8-2-1-7-16(17)18-10-11-19(27-18)21(26)23-14-5-3-6-15(13-14)24-12-4-9-20(24)25/h1-3,5-8,10-11,13H,4,9,12H2,(H,23,26). The van der Waals surface area contributed by atoms with E-state index in [1.165, 1.54) is 0 Å². The number of carbonyl (C=O) groups is 2. The smallest absolute Gasteiger partial charge is 0.291 e. The molecule has 4 rings (SSSR count). The fourth-order valence-electron chi connectivity index (χ4n) is 3.13. The maximum absolute atomic E-state index is 12.5. The van der Waals surface area contributed by atoms with Gasteiger partial charge >= 0.3 is 0 Å². The van der Waals surface area contributed by atoms with Crippen LogP contribution in [0, 0.1) is 0 Å². The minimum absolute atomic E-state index is 0.105. The SMILES string of the molecule is O=C(Nc1cccc(N2CCCC2=O)c1)c1ccc(-c2ccccc2Cl)o1. The number of furan rings is 1. The third-order valence-electron chi connectivity index (χ3n) is 4.46. The van der Waals surface area contributed by atoms with Gasteiger partial charge in [-0.25, -0.2) is 0 Å². The predicted octanol–water partition coefficient (Wildman–Crippen LogP) is 4.98. The summed E-state index contributed by atoms with van der Waals surface area (Å²) in [7, 11) is 0. The van der Waals surface area contributed by atoms with Crippen LogP contribution < -0.4 is 10.2 Å². The molecule has 2 heterocycles. The number of amides is 2. The normalized spacial score (nSPS) is 13.8. The molecule has 0 radical (unpaired) electrons. The Labute approximate surface area is 161 Å². The van der Waals surface area contributed by atoms with Crippen molar-refractivity contribution in [3.63, 3.8) is 0 Å². The topological polar surface area (TPSA) is 62.6 Å². The minimum atomic E-state index is -0.363. The molecule has 27 heavy (non-hydrogen) atoms. The molecule has 0 spiro atoms. The highest BCUT2D eigenvalue weighted by molar-refractivity contribution is 6.33. The number of rotatable bonds is 4. The summed E-state index contributed by atoms with van der Waals surface area (Å²) < 4.78 is 5.67. The van der Waals surface area contributed by atoms with Crippen molar-refractivity contribution in [1.29, 1.82) is 0 Å². The molecular formula is C21H17ClN2O3. The number of halogens is 1. The van der Waals surface area contributed by atoms with Crippen molar-refractivity contribution in [2.45, 2.75) is 12.8 Å². The third-order valence-corrected chi connectivity index (χ3v) is 4.79. The Morgan fingerprint density at radius 2 is 1.93 bits per heavy atom. The van der Waals surface area contributed by atoms with E-state index in [1.54, 1.807) is 35.2 Å². The van der Waals surface area contributed by atoms with Gasteiger partial charge in [0.05, 0.1) is 5.02 Å². The number of nitrogens with one attached hydrogen (secondary N) is 1. The molecule has 0 saturated carbocycles. The summed E-state index contributed by atoms with van der Waals surface area (Å²) in [5, 5.41) is 3.37. The first-order chi connectivity index (χ1) is 13.1. The van der Waals surface area contributed by atoms with E-state index in [-0.39, 0.29) is 17.6 Å². The lowest BCUT2D eigenvalue weighted by atomic mass is 10.2. The monoisotopic (exact) mass is 380 g/mol. The molecule has 1 aliphatic heterocycles. The quantitative estimate of drug-likeness (QED) is 0.694. The van der Waals surface area contributed by atoms with Crippen LogP contribution in [0.3, 0.4) is 0 Å². The molecule has 2 amide bonds. The molecule has 3 aromatic rings. The molecule has 2 aromatic carbocycles. The Kier molecular flexibility index (Phi) is 4.69. The lowest BCUT2D eigenvalue weighted by Gasteiger charge is -2.16. The molecule has 0 atom stereocenters. The fourth-order valence-corrected chi connectivity index (χ4v) is 3.36. The first-order valence-corrected chi connectivity index (χ1v) is 9.06. The molecule has 1 aromatic heterocycles. The van der Waals surface area contributed by atoms with Crippen LogP contribution >= 0.6 is 11.6 Å². The maximum atomic E-state index is 12.5. The van der Waals surface area contributed by atoms with Gasteiger partial charge in [0, 0.05) is 29.9 Å². The number of hydrogen-bond acceptors (Lipinski definition) is 3. The van der Waals surface area contributed by atoms with Crippen LogP contribution in [0.4, 0.5) is 11.4 Å². The van der Waals surface area contributed by atoms with Gasteiger partial charge in [0.2, 0.25) is 5.91 Å². The van der Waals surface area contributed by atoms with Crippen molar-refractivity contribution < 1.29 is 14.0 Å². The Balaban J connectivity index is 1.52. The molecule has 0 unspecified atom stereocenters. The highest BCUT2D eigenvalue weighted by atomic mass is 35.5. The van der Waals surface area contributed by atoms with Crippen LogP contribution in [0.25, 0.3) is 11.3 Å². The van der Waals surface area contributed by atoms with Crippen LogP contribution in [-0.4, -0.2) is 18.4 Å².